The molecule has 1 saturated heterocycles. The summed E-state index contributed by atoms with van der Waals surface area (Å²) in [5, 5.41) is 0. The van der Waals surface area contributed by atoms with Crippen LogP contribution in [0.5, 0.6) is 0 Å². The van der Waals surface area contributed by atoms with Gasteiger partial charge in [0, 0.05) is 17.7 Å². The fraction of sp³-hybridized carbons (Fsp3) is 0.667. The van der Waals surface area contributed by atoms with E-state index in [1.54, 1.807) is 6.07 Å². The Balaban J connectivity index is 2.26. The highest BCUT2D eigenvalue weighted by Crippen LogP contribution is 2.27. The highest BCUT2D eigenvalue weighted by atomic mass is 32.2. The lowest BCUT2D eigenvalue weighted by molar-refractivity contribution is 0.600. The predicted molar refractivity (Wildman–Crippen MR) is 71.0 cm³/mol. The van der Waals surface area contributed by atoms with Crippen LogP contribution in [0.25, 0.3) is 0 Å². The summed E-state index contributed by atoms with van der Waals surface area (Å²) in [6, 6.07) is 1.77. The number of nitrogen functional groups attached to an aromatic ring is 1. The molecule has 1 unspecified atom stereocenters. The molecule has 0 saturated carbocycles. The maximum atomic E-state index is 11.5. The van der Waals surface area contributed by atoms with E-state index in [0.29, 0.717) is 24.0 Å². The maximum absolute atomic E-state index is 11.5. The van der Waals surface area contributed by atoms with Crippen LogP contribution in [0, 0.1) is 5.92 Å². The molecule has 1 fully saturated rings. The van der Waals surface area contributed by atoms with Gasteiger partial charge in [0.05, 0.1) is 11.5 Å². The number of anilines is 1. The average molecular weight is 269 g/mol. The number of aromatic nitrogens is 2. The summed E-state index contributed by atoms with van der Waals surface area (Å²) in [5.74, 6) is 1.79. The van der Waals surface area contributed by atoms with Crippen molar-refractivity contribution in [1.29, 1.82) is 0 Å². The molecule has 1 atom stereocenters. The van der Waals surface area contributed by atoms with Gasteiger partial charge in [-0.15, -0.1) is 0 Å². The zero-order valence-corrected chi connectivity index (χ0v) is 11.6. The standard InChI is InChI=1S/C12H19N3O2S/c1-8(2)5-10-6-11(13)15-12(14-10)9-3-4-18(16,17)7-9/h6,8-9H,3-5,7H2,1-2H3,(H2,13,14,15). The van der Waals surface area contributed by atoms with Gasteiger partial charge in [0.25, 0.3) is 0 Å². The summed E-state index contributed by atoms with van der Waals surface area (Å²) in [7, 11) is -2.91. The largest absolute Gasteiger partial charge is 0.384 e. The summed E-state index contributed by atoms with van der Waals surface area (Å²) in [6.07, 6.45) is 1.44. The molecule has 2 N–H and O–H groups in total. The fourth-order valence-corrected chi connectivity index (χ4v) is 3.98. The molecule has 1 aliphatic rings. The molecular weight excluding hydrogens is 250 g/mol. The smallest absolute Gasteiger partial charge is 0.151 e. The van der Waals surface area contributed by atoms with E-state index >= 15 is 0 Å². The molecule has 6 heteroatoms. The zero-order valence-electron chi connectivity index (χ0n) is 10.8. The number of nitrogens with two attached hydrogens (primary N) is 1. The van der Waals surface area contributed by atoms with Crippen molar-refractivity contribution < 1.29 is 8.42 Å². The molecular formula is C12H19N3O2S. The molecule has 2 rings (SSSR count). The summed E-state index contributed by atoms with van der Waals surface area (Å²) in [4.78, 5) is 8.66. The molecule has 18 heavy (non-hydrogen) atoms. The lowest BCUT2D eigenvalue weighted by Crippen LogP contribution is -2.11. The predicted octanol–water partition coefficient (Wildman–Crippen LogP) is 1.16. The highest BCUT2D eigenvalue weighted by molar-refractivity contribution is 7.91. The van der Waals surface area contributed by atoms with Gasteiger partial charge in [-0.2, -0.15) is 0 Å². The molecule has 0 spiro atoms. The van der Waals surface area contributed by atoms with Crippen LogP contribution in [0.15, 0.2) is 6.07 Å². The quantitative estimate of drug-likeness (QED) is 0.890. The van der Waals surface area contributed by atoms with Crippen molar-refractivity contribution in [3.8, 4) is 0 Å². The number of nitrogens with zero attached hydrogens (tertiary/aromatic N) is 2. The second-order valence-electron chi connectivity index (χ2n) is 5.34. The second kappa shape index (κ2) is 4.84. The Bertz CT molecular complexity index is 540. The van der Waals surface area contributed by atoms with Crippen LogP contribution < -0.4 is 5.73 Å². The van der Waals surface area contributed by atoms with Gasteiger partial charge in [0.2, 0.25) is 0 Å². The molecule has 0 aromatic carbocycles. The SMILES string of the molecule is CC(C)Cc1cc(N)nc(C2CCS(=O)(=O)C2)n1. The highest BCUT2D eigenvalue weighted by Gasteiger charge is 2.31. The summed E-state index contributed by atoms with van der Waals surface area (Å²) >= 11 is 0. The van der Waals surface area contributed by atoms with Crippen LogP contribution >= 0.6 is 0 Å². The molecule has 2 heterocycles. The van der Waals surface area contributed by atoms with E-state index in [1.807, 2.05) is 0 Å². The van der Waals surface area contributed by atoms with E-state index in [2.05, 4.69) is 23.8 Å². The van der Waals surface area contributed by atoms with Crippen LogP contribution in [-0.4, -0.2) is 29.9 Å². The molecule has 0 bridgehead atoms. The zero-order chi connectivity index (χ0) is 13.3. The van der Waals surface area contributed by atoms with Crippen molar-refractivity contribution in [2.75, 3.05) is 17.2 Å². The van der Waals surface area contributed by atoms with Crippen molar-refractivity contribution >= 4 is 15.7 Å². The monoisotopic (exact) mass is 269 g/mol. The van der Waals surface area contributed by atoms with Gasteiger partial charge < -0.3 is 5.73 Å². The van der Waals surface area contributed by atoms with E-state index in [4.69, 9.17) is 5.73 Å². The number of hydrogen-bond donors (Lipinski definition) is 1. The summed E-state index contributed by atoms with van der Waals surface area (Å²) < 4.78 is 23.0. The number of hydrogen-bond acceptors (Lipinski definition) is 5. The lowest BCUT2D eigenvalue weighted by atomic mass is 10.1. The van der Waals surface area contributed by atoms with Crippen molar-refractivity contribution in [3.63, 3.8) is 0 Å². The minimum Gasteiger partial charge on any atom is -0.384 e. The molecule has 100 valence electrons. The summed E-state index contributed by atoms with van der Waals surface area (Å²) in [6.45, 7) is 4.22. The lowest BCUT2D eigenvalue weighted by Gasteiger charge is -2.10. The molecule has 0 aliphatic carbocycles. The first-order valence-electron chi connectivity index (χ1n) is 6.19. The molecule has 1 aliphatic heterocycles. The minimum atomic E-state index is -2.91. The van der Waals surface area contributed by atoms with Crippen LogP contribution in [0.3, 0.4) is 0 Å². The Morgan fingerprint density at radius 1 is 1.44 bits per heavy atom. The van der Waals surface area contributed by atoms with Crippen molar-refractivity contribution in [2.45, 2.75) is 32.6 Å². The fourth-order valence-electron chi connectivity index (χ4n) is 2.24. The van der Waals surface area contributed by atoms with Crippen molar-refractivity contribution in [1.82, 2.24) is 9.97 Å². The molecule has 0 radical (unpaired) electrons. The summed E-state index contributed by atoms with van der Waals surface area (Å²) in [5.41, 5.74) is 6.67. The first kappa shape index (κ1) is 13.3. The van der Waals surface area contributed by atoms with Gasteiger partial charge in [0.15, 0.2) is 9.84 Å². The van der Waals surface area contributed by atoms with Crippen molar-refractivity contribution in [3.05, 3.63) is 17.6 Å². The molecule has 1 aromatic heterocycles. The Morgan fingerprint density at radius 2 is 2.17 bits per heavy atom. The van der Waals surface area contributed by atoms with Gasteiger partial charge in [-0.05, 0) is 18.8 Å². The van der Waals surface area contributed by atoms with E-state index in [9.17, 15) is 8.42 Å². The van der Waals surface area contributed by atoms with Crippen LogP contribution in [0.4, 0.5) is 5.82 Å². The van der Waals surface area contributed by atoms with Gasteiger partial charge in [-0.1, -0.05) is 13.8 Å². The van der Waals surface area contributed by atoms with Crippen LogP contribution in [0.2, 0.25) is 0 Å². The van der Waals surface area contributed by atoms with Crippen LogP contribution in [0.1, 0.15) is 37.7 Å². The van der Waals surface area contributed by atoms with E-state index in [0.717, 1.165) is 12.1 Å². The molecule has 5 nitrogen and oxygen atoms in total. The van der Waals surface area contributed by atoms with E-state index in [-0.39, 0.29) is 17.4 Å². The average Bonchev–Trinajstić information content (AvgIpc) is 2.57. The minimum absolute atomic E-state index is 0.0931. The Hall–Kier alpha value is -1.17. The third kappa shape index (κ3) is 3.19. The Kier molecular flexibility index (Phi) is 3.56. The molecule has 0 amide bonds. The number of sulfone groups is 1. The first-order valence-corrected chi connectivity index (χ1v) is 8.01. The normalized spacial score (nSPS) is 22.5. The van der Waals surface area contributed by atoms with Gasteiger partial charge in [-0.3, -0.25) is 0 Å². The third-order valence-corrected chi connectivity index (χ3v) is 4.80. The first-order chi connectivity index (χ1) is 8.35. The van der Waals surface area contributed by atoms with Gasteiger partial charge in [-0.25, -0.2) is 18.4 Å². The molecule has 1 aromatic rings. The van der Waals surface area contributed by atoms with Crippen LogP contribution in [-0.2, 0) is 16.3 Å². The van der Waals surface area contributed by atoms with E-state index < -0.39 is 9.84 Å². The van der Waals surface area contributed by atoms with E-state index in [1.165, 1.54) is 0 Å². The second-order valence-corrected chi connectivity index (χ2v) is 7.57. The number of rotatable bonds is 3. The van der Waals surface area contributed by atoms with Crippen molar-refractivity contribution in [2.24, 2.45) is 5.92 Å². The Labute approximate surface area is 108 Å². The van der Waals surface area contributed by atoms with Gasteiger partial charge >= 0.3 is 0 Å². The Morgan fingerprint density at radius 3 is 2.72 bits per heavy atom. The topological polar surface area (TPSA) is 85.9 Å². The third-order valence-electron chi connectivity index (χ3n) is 3.03. The van der Waals surface area contributed by atoms with Gasteiger partial charge in [0.1, 0.15) is 11.6 Å². The maximum Gasteiger partial charge on any atom is 0.151 e.